The summed E-state index contributed by atoms with van der Waals surface area (Å²) in [5, 5.41) is 23.5. The smallest absolute Gasteiger partial charge is 0.341 e. The molecule has 1 amide bonds. The molecule has 1 unspecified atom stereocenters. The number of halogens is 1. The molecule has 0 saturated carbocycles. The minimum absolute atomic E-state index is 0.227. The van der Waals surface area contributed by atoms with Crippen LogP contribution in [0.3, 0.4) is 0 Å². The average molecular weight is 533 g/mol. The molecule has 1 atom stereocenters. The minimum atomic E-state index is -1.91. The number of aryl methyl sites for hydroxylation is 1. The van der Waals surface area contributed by atoms with Gasteiger partial charge in [-0.1, -0.05) is 37.3 Å². The lowest BCUT2D eigenvalue weighted by molar-refractivity contribution is -0.141. The molecule has 0 aromatic heterocycles. The summed E-state index contributed by atoms with van der Waals surface area (Å²) in [6, 6.07) is 18.8. The van der Waals surface area contributed by atoms with E-state index in [-0.39, 0.29) is 17.0 Å². The van der Waals surface area contributed by atoms with Gasteiger partial charge in [-0.2, -0.15) is 0 Å². The van der Waals surface area contributed by atoms with Gasteiger partial charge in [-0.3, -0.25) is 9.79 Å². The Balaban J connectivity index is 1.91. The molecule has 3 aromatic carbocycles. The van der Waals surface area contributed by atoms with Gasteiger partial charge in [0, 0.05) is 32.6 Å². The van der Waals surface area contributed by atoms with Gasteiger partial charge in [0.15, 0.2) is 0 Å². The Morgan fingerprint density at radius 2 is 1.77 bits per heavy atom. The van der Waals surface area contributed by atoms with Gasteiger partial charge in [0.2, 0.25) is 5.54 Å². The largest absolute Gasteiger partial charge is 0.479 e. The van der Waals surface area contributed by atoms with Crippen molar-refractivity contribution >= 4 is 45.0 Å². The summed E-state index contributed by atoms with van der Waals surface area (Å²) in [4.78, 5) is 41.5. The average Bonchev–Trinajstić information content (AvgIpc) is 3.19. The summed E-state index contributed by atoms with van der Waals surface area (Å²) in [7, 11) is 0. The maximum Gasteiger partial charge on any atom is 0.341 e. The third-order valence-corrected chi connectivity index (χ3v) is 6.37. The highest BCUT2D eigenvalue weighted by Crippen LogP contribution is 2.38. The van der Waals surface area contributed by atoms with E-state index in [9.17, 15) is 24.6 Å². The van der Waals surface area contributed by atoms with Gasteiger partial charge in [0.1, 0.15) is 0 Å². The SMILES string of the molecule is CCc1cc(Br)c2c(c1)=C(C=CC(=O)O)C(C(=O)O)(c1cccc(NC(=O)c3ccccc3)c1)N=2. The van der Waals surface area contributed by atoms with Crippen LogP contribution in [0.1, 0.15) is 28.4 Å². The van der Waals surface area contributed by atoms with Crippen molar-refractivity contribution in [3.05, 3.63) is 111 Å². The number of nitrogens with one attached hydrogen (secondary N) is 1. The van der Waals surface area contributed by atoms with Crippen molar-refractivity contribution in [1.29, 1.82) is 0 Å². The number of anilines is 1. The number of amides is 1. The van der Waals surface area contributed by atoms with Gasteiger partial charge in [-0.05, 0) is 76.0 Å². The Bertz CT molecular complexity index is 1500. The number of benzene rings is 3. The Labute approximate surface area is 209 Å². The van der Waals surface area contributed by atoms with Gasteiger partial charge < -0.3 is 15.5 Å². The molecule has 0 radical (unpaired) electrons. The van der Waals surface area contributed by atoms with E-state index in [4.69, 9.17) is 0 Å². The molecule has 7 nitrogen and oxygen atoms in total. The topological polar surface area (TPSA) is 116 Å². The maximum atomic E-state index is 12.9. The lowest BCUT2D eigenvalue weighted by Crippen LogP contribution is -2.34. The fraction of sp³-hybridized carbons (Fsp3) is 0.111. The quantitative estimate of drug-likeness (QED) is 0.401. The van der Waals surface area contributed by atoms with Gasteiger partial charge in [-0.15, -0.1) is 0 Å². The van der Waals surface area contributed by atoms with E-state index in [0.717, 1.165) is 11.6 Å². The highest BCUT2D eigenvalue weighted by molar-refractivity contribution is 9.10. The van der Waals surface area contributed by atoms with Gasteiger partial charge >= 0.3 is 11.9 Å². The molecule has 4 rings (SSSR count). The molecule has 0 saturated heterocycles. The van der Waals surface area contributed by atoms with E-state index >= 15 is 0 Å². The van der Waals surface area contributed by atoms with Crippen LogP contribution < -0.4 is 15.9 Å². The Morgan fingerprint density at radius 1 is 1.03 bits per heavy atom. The summed E-state index contributed by atoms with van der Waals surface area (Å²) < 4.78 is 0.615. The predicted molar refractivity (Wildman–Crippen MR) is 135 cm³/mol. The Hall–Kier alpha value is -4.04. The van der Waals surface area contributed by atoms with Gasteiger partial charge in [-0.25, -0.2) is 9.59 Å². The third kappa shape index (κ3) is 4.52. The van der Waals surface area contributed by atoms with Crippen molar-refractivity contribution in [2.75, 3.05) is 5.32 Å². The van der Waals surface area contributed by atoms with Crippen molar-refractivity contribution in [1.82, 2.24) is 0 Å². The molecule has 0 spiro atoms. The standard InChI is InChI=1S/C27H21BrN2O5/c1-2-16-13-20-21(11-12-23(31)32)27(26(34)35,30-24(20)22(28)14-16)18-9-6-10-19(15-18)29-25(33)17-7-4-3-5-8-17/h3-15H,2H2,1H3,(H,29,33)(H,31,32)(H,34,35). The zero-order chi connectivity index (χ0) is 25.2. The second kappa shape index (κ2) is 9.68. The summed E-state index contributed by atoms with van der Waals surface area (Å²) >= 11 is 3.50. The Morgan fingerprint density at radius 3 is 2.43 bits per heavy atom. The Kier molecular flexibility index (Phi) is 6.66. The minimum Gasteiger partial charge on any atom is -0.479 e. The van der Waals surface area contributed by atoms with Crippen molar-refractivity contribution in [3.8, 4) is 0 Å². The number of carbonyl (C=O) groups is 3. The molecule has 8 heteroatoms. The fourth-order valence-corrected chi connectivity index (χ4v) is 4.68. The molecule has 1 aliphatic heterocycles. The molecular weight excluding hydrogens is 512 g/mol. The number of carbonyl (C=O) groups excluding carboxylic acids is 1. The lowest BCUT2D eigenvalue weighted by Gasteiger charge is -2.25. The molecule has 35 heavy (non-hydrogen) atoms. The summed E-state index contributed by atoms with van der Waals surface area (Å²) in [6.45, 7) is 1.97. The number of aliphatic carboxylic acids is 2. The van der Waals surface area contributed by atoms with Crippen LogP contribution in [-0.4, -0.2) is 28.1 Å². The van der Waals surface area contributed by atoms with Crippen LogP contribution >= 0.6 is 15.9 Å². The van der Waals surface area contributed by atoms with Crippen LogP contribution in [0, 0.1) is 0 Å². The lowest BCUT2D eigenvalue weighted by atomic mass is 9.82. The molecule has 1 aliphatic rings. The molecule has 0 bridgehead atoms. The molecule has 0 fully saturated rings. The number of fused-ring (bicyclic) bond motifs is 1. The second-order valence-corrected chi connectivity index (χ2v) is 8.80. The van der Waals surface area contributed by atoms with E-state index in [0.29, 0.717) is 32.7 Å². The number of rotatable bonds is 7. The van der Waals surface area contributed by atoms with Crippen LogP contribution in [-0.2, 0) is 21.5 Å². The van der Waals surface area contributed by atoms with Crippen LogP contribution in [0.2, 0.25) is 0 Å². The van der Waals surface area contributed by atoms with Crippen LogP contribution in [0.4, 0.5) is 5.69 Å². The first-order valence-corrected chi connectivity index (χ1v) is 11.6. The van der Waals surface area contributed by atoms with E-state index in [1.165, 1.54) is 6.08 Å². The number of nitrogens with zero attached hydrogens (tertiary/aromatic N) is 1. The number of hydrogen-bond donors (Lipinski definition) is 3. The molecule has 0 aliphatic carbocycles. The maximum absolute atomic E-state index is 12.9. The van der Waals surface area contributed by atoms with Crippen LogP contribution in [0.25, 0.3) is 5.57 Å². The van der Waals surface area contributed by atoms with Crippen molar-refractivity contribution in [2.24, 2.45) is 4.99 Å². The zero-order valence-electron chi connectivity index (χ0n) is 18.7. The first-order valence-electron chi connectivity index (χ1n) is 10.8. The van der Waals surface area contributed by atoms with Crippen molar-refractivity contribution in [2.45, 2.75) is 18.9 Å². The highest BCUT2D eigenvalue weighted by Gasteiger charge is 2.46. The molecular formula is C27H21BrN2O5. The summed E-state index contributed by atoms with van der Waals surface area (Å²) in [5.74, 6) is -2.82. The number of carboxylic acid groups (broad SMARTS) is 2. The van der Waals surface area contributed by atoms with E-state index in [1.807, 2.05) is 19.1 Å². The summed E-state index contributed by atoms with van der Waals surface area (Å²) in [6.07, 6.45) is 2.89. The summed E-state index contributed by atoms with van der Waals surface area (Å²) in [5.41, 5.74) is 0.384. The molecule has 3 aromatic rings. The van der Waals surface area contributed by atoms with Crippen LogP contribution in [0.15, 0.2) is 88.3 Å². The normalized spacial score (nSPS) is 16.6. The molecule has 1 heterocycles. The highest BCUT2D eigenvalue weighted by atomic mass is 79.9. The number of hydrogen-bond acceptors (Lipinski definition) is 4. The van der Waals surface area contributed by atoms with E-state index in [2.05, 4.69) is 26.2 Å². The zero-order valence-corrected chi connectivity index (χ0v) is 20.2. The van der Waals surface area contributed by atoms with Gasteiger partial charge in [0.05, 0.1) is 5.36 Å². The predicted octanol–water partition coefficient (Wildman–Crippen LogP) is 3.67. The number of carboxylic acids is 2. The van der Waals surface area contributed by atoms with Crippen molar-refractivity contribution in [3.63, 3.8) is 0 Å². The van der Waals surface area contributed by atoms with E-state index < -0.39 is 17.5 Å². The third-order valence-electron chi connectivity index (χ3n) is 5.77. The second-order valence-electron chi connectivity index (χ2n) is 7.94. The molecule has 176 valence electrons. The van der Waals surface area contributed by atoms with E-state index in [1.54, 1.807) is 54.6 Å². The molecule has 3 N–H and O–H groups in total. The fourth-order valence-electron chi connectivity index (χ4n) is 4.09. The van der Waals surface area contributed by atoms with Crippen LogP contribution in [0.5, 0.6) is 0 Å². The first-order chi connectivity index (χ1) is 16.8. The van der Waals surface area contributed by atoms with Gasteiger partial charge in [0.25, 0.3) is 5.91 Å². The van der Waals surface area contributed by atoms with Crippen molar-refractivity contribution < 1.29 is 24.6 Å². The first kappa shape index (κ1) is 24.1. The monoisotopic (exact) mass is 532 g/mol.